The molecule has 18 heavy (non-hydrogen) atoms. The van der Waals surface area contributed by atoms with Gasteiger partial charge in [0.05, 0.1) is 0 Å². The van der Waals surface area contributed by atoms with Gasteiger partial charge in [0.15, 0.2) is 0 Å². The van der Waals surface area contributed by atoms with Gasteiger partial charge >= 0.3 is 5.97 Å². The van der Waals surface area contributed by atoms with Crippen molar-refractivity contribution < 1.29 is 19.4 Å². The lowest BCUT2D eigenvalue weighted by molar-refractivity contribution is -0.143. The Morgan fingerprint density at radius 2 is 2.00 bits per heavy atom. The number of nitrogens with one attached hydrogen (secondary N) is 1. The maximum atomic E-state index is 11.3. The molecule has 1 rings (SSSR count). The summed E-state index contributed by atoms with van der Waals surface area (Å²) in [4.78, 5) is 23.8. The third kappa shape index (κ3) is 6.56. The Morgan fingerprint density at radius 1 is 1.33 bits per heavy atom. The summed E-state index contributed by atoms with van der Waals surface area (Å²) in [5, 5.41) is 11.0. The van der Waals surface area contributed by atoms with E-state index in [0.717, 1.165) is 25.6 Å². The molecule has 0 aromatic heterocycles. The van der Waals surface area contributed by atoms with Gasteiger partial charge in [-0.05, 0) is 31.8 Å². The minimum atomic E-state index is -1.06. The van der Waals surface area contributed by atoms with Crippen molar-refractivity contribution in [3.63, 3.8) is 0 Å². The summed E-state index contributed by atoms with van der Waals surface area (Å²) < 4.78 is 4.69. The van der Waals surface area contributed by atoms with Crippen molar-refractivity contribution in [3.8, 4) is 0 Å². The van der Waals surface area contributed by atoms with Gasteiger partial charge in [0.1, 0.15) is 13.2 Å². The van der Waals surface area contributed by atoms with Gasteiger partial charge in [-0.2, -0.15) is 0 Å². The fraction of sp³-hybridized carbons (Fsp3) is 0.833. The molecule has 1 amide bonds. The number of hydrogen-bond donors (Lipinski definition) is 2. The fourth-order valence-electron chi connectivity index (χ4n) is 1.92. The Kier molecular flexibility index (Phi) is 6.67. The van der Waals surface area contributed by atoms with E-state index >= 15 is 0 Å². The zero-order valence-electron chi connectivity index (χ0n) is 10.9. The number of aliphatic carboxylic acids is 1. The quantitative estimate of drug-likeness (QED) is 0.668. The number of rotatable bonds is 7. The van der Waals surface area contributed by atoms with Crippen LogP contribution in [0.5, 0.6) is 0 Å². The SMILES string of the molecule is CC1CCN(CCNC(=O)COCC(=O)O)CC1. The number of carbonyl (C=O) groups is 2. The molecule has 0 saturated carbocycles. The van der Waals surface area contributed by atoms with Crippen LogP contribution in [0.3, 0.4) is 0 Å². The maximum Gasteiger partial charge on any atom is 0.329 e. The van der Waals surface area contributed by atoms with Crippen molar-refractivity contribution in [1.29, 1.82) is 0 Å². The zero-order valence-corrected chi connectivity index (χ0v) is 10.9. The Labute approximate surface area is 107 Å². The van der Waals surface area contributed by atoms with Gasteiger partial charge in [-0.15, -0.1) is 0 Å². The Hall–Kier alpha value is -1.14. The number of hydrogen-bond acceptors (Lipinski definition) is 4. The minimum absolute atomic E-state index is 0.191. The molecule has 6 heteroatoms. The molecule has 0 radical (unpaired) electrons. The van der Waals surface area contributed by atoms with E-state index in [-0.39, 0.29) is 12.5 Å². The van der Waals surface area contributed by atoms with Crippen LogP contribution < -0.4 is 5.32 Å². The van der Waals surface area contributed by atoms with Crippen LogP contribution in [0.1, 0.15) is 19.8 Å². The summed E-state index contributed by atoms with van der Waals surface area (Å²) in [7, 11) is 0. The second kappa shape index (κ2) is 8.05. The highest BCUT2D eigenvalue weighted by atomic mass is 16.5. The van der Waals surface area contributed by atoms with E-state index in [9.17, 15) is 9.59 Å². The first-order chi connectivity index (χ1) is 8.58. The van der Waals surface area contributed by atoms with Gasteiger partial charge in [-0.1, -0.05) is 6.92 Å². The molecular formula is C12H22N2O4. The minimum Gasteiger partial charge on any atom is -0.480 e. The first-order valence-electron chi connectivity index (χ1n) is 6.36. The van der Waals surface area contributed by atoms with Crippen LogP contribution in [0.4, 0.5) is 0 Å². The summed E-state index contributed by atoms with van der Waals surface area (Å²) >= 11 is 0. The van der Waals surface area contributed by atoms with E-state index in [0.29, 0.717) is 6.54 Å². The number of likely N-dealkylation sites (tertiary alicyclic amines) is 1. The Balaban J connectivity index is 2.00. The number of ether oxygens (including phenoxy) is 1. The van der Waals surface area contributed by atoms with Crippen LogP contribution in [0.15, 0.2) is 0 Å². The Bertz CT molecular complexity index is 275. The van der Waals surface area contributed by atoms with E-state index in [1.54, 1.807) is 0 Å². The molecule has 0 aromatic carbocycles. The number of nitrogens with zero attached hydrogens (tertiary/aromatic N) is 1. The van der Waals surface area contributed by atoms with Crippen molar-refractivity contribution in [2.45, 2.75) is 19.8 Å². The largest absolute Gasteiger partial charge is 0.480 e. The van der Waals surface area contributed by atoms with Gasteiger partial charge in [0, 0.05) is 13.1 Å². The molecule has 0 aromatic rings. The first kappa shape index (κ1) is 14.9. The van der Waals surface area contributed by atoms with Crippen LogP contribution >= 0.6 is 0 Å². The summed E-state index contributed by atoms with van der Waals surface area (Å²) in [5.41, 5.74) is 0. The molecule has 1 aliphatic heterocycles. The average Bonchev–Trinajstić information content (AvgIpc) is 2.31. The monoisotopic (exact) mass is 258 g/mol. The van der Waals surface area contributed by atoms with Gasteiger partial charge in [0.25, 0.3) is 0 Å². The van der Waals surface area contributed by atoms with Crippen molar-refractivity contribution in [3.05, 3.63) is 0 Å². The van der Waals surface area contributed by atoms with Gasteiger partial charge < -0.3 is 20.1 Å². The normalized spacial score (nSPS) is 17.6. The molecule has 0 atom stereocenters. The van der Waals surface area contributed by atoms with Crippen molar-refractivity contribution in [1.82, 2.24) is 10.2 Å². The highest BCUT2D eigenvalue weighted by Crippen LogP contribution is 2.14. The van der Waals surface area contributed by atoms with Crippen molar-refractivity contribution >= 4 is 11.9 Å². The molecule has 0 spiro atoms. The molecule has 6 nitrogen and oxygen atoms in total. The predicted molar refractivity (Wildman–Crippen MR) is 66.3 cm³/mol. The van der Waals surface area contributed by atoms with Crippen LogP contribution in [-0.4, -0.2) is 61.3 Å². The number of carboxylic acids is 1. The van der Waals surface area contributed by atoms with Gasteiger partial charge in [0.2, 0.25) is 5.91 Å². The number of carboxylic acid groups (broad SMARTS) is 1. The van der Waals surface area contributed by atoms with Gasteiger partial charge in [-0.3, -0.25) is 4.79 Å². The molecule has 104 valence electrons. The van der Waals surface area contributed by atoms with E-state index in [1.807, 2.05) is 0 Å². The number of amides is 1. The number of piperidine rings is 1. The standard InChI is InChI=1S/C12H22N2O4/c1-10-2-5-14(6-3-10)7-4-13-11(15)8-18-9-12(16)17/h10H,2-9H2,1H3,(H,13,15)(H,16,17). The van der Waals surface area contributed by atoms with E-state index in [1.165, 1.54) is 12.8 Å². The smallest absolute Gasteiger partial charge is 0.329 e. The van der Waals surface area contributed by atoms with Crippen molar-refractivity contribution in [2.75, 3.05) is 39.4 Å². The highest BCUT2D eigenvalue weighted by molar-refractivity contribution is 5.77. The highest BCUT2D eigenvalue weighted by Gasteiger charge is 2.15. The van der Waals surface area contributed by atoms with Gasteiger partial charge in [-0.25, -0.2) is 4.79 Å². The van der Waals surface area contributed by atoms with Crippen LogP contribution in [0.2, 0.25) is 0 Å². The topological polar surface area (TPSA) is 78.9 Å². The summed E-state index contributed by atoms with van der Waals surface area (Å²) in [6.45, 7) is 5.25. The molecule has 0 aliphatic carbocycles. The summed E-state index contributed by atoms with van der Waals surface area (Å²) in [6, 6.07) is 0. The zero-order chi connectivity index (χ0) is 13.4. The van der Waals surface area contributed by atoms with E-state index in [2.05, 4.69) is 21.9 Å². The maximum absolute atomic E-state index is 11.3. The predicted octanol–water partition coefficient (Wildman–Crippen LogP) is -0.0643. The first-order valence-corrected chi connectivity index (χ1v) is 6.36. The summed E-state index contributed by atoms with van der Waals surface area (Å²) in [5.74, 6) is -0.521. The third-order valence-electron chi connectivity index (χ3n) is 3.09. The molecule has 2 N–H and O–H groups in total. The number of carbonyl (C=O) groups excluding carboxylic acids is 1. The second-order valence-corrected chi connectivity index (χ2v) is 4.76. The fourth-order valence-corrected chi connectivity index (χ4v) is 1.92. The van der Waals surface area contributed by atoms with E-state index < -0.39 is 12.6 Å². The molecule has 1 saturated heterocycles. The third-order valence-corrected chi connectivity index (χ3v) is 3.09. The molecule has 0 bridgehead atoms. The lowest BCUT2D eigenvalue weighted by Gasteiger charge is -2.30. The second-order valence-electron chi connectivity index (χ2n) is 4.76. The summed E-state index contributed by atoms with van der Waals surface area (Å²) in [6.07, 6.45) is 2.44. The molecule has 0 unspecified atom stereocenters. The van der Waals surface area contributed by atoms with Crippen LogP contribution in [-0.2, 0) is 14.3 Å². The lowest BCUT2D eigenvalue weighted by atomic mass is 9.99. The van der Waals surface area contributed by atoms with Crippen LogP contribution in [0, 0.1) is 5.92 Å². The molecule has 1 aliphatic rings. The molecule has 1 heterocycles. The van der Waals surface area contributed by atoms with Crippen LogP contribution in [0.25, 0.3) is 0 Å². The molecule has 1 fully saturated rings. The Morgan fingerprint density at radius 3 is 2.61 bits per heavy atom. The molecular weight excluding hydrogens is 236 g/mol. The lowest BCUT2D eigenvalue weighted by Crippen LogP contribution is -2.40. The van der Waals surface area contributed by atoms with E-state index in [4.69, 9.17) is 5.11 Å². The average molecular weight is 258 g/mol. The van der Waals surface area contributed by atoms with Crippen molar-refractivity contribution in [2.24, 2.45) is 5.92 Å².